The number of hydrogen-bond acceptors (Lipinski definition) is 2. The van der Waals surface area contributed by atoms with Crippen LogP contribution in [0, 0.1) is 5.82 Å². The lowest BCUT2D eigenvalue weighted by Crippen LogP contribution is -2.38. The van der Waals surface area contributed by atoms with Crippen LogP contribution in [-0.2, 0) is 4.79 Å². The van der Waals surface area contributed by atoms with Crippen molar-refractivity contribution < 1.29 is 27.1 Å². The molecule has 0 saturated carbocycles. The number of ether oxygens (including phenoxy) is 1. The summed E-state index contributed by atoms with van der Waals surface area (Å²) in [5, 5.41) is 0. The van der Waals surface area contributed by atoms with Crippen molar-refractivity contribution in [1.29, 1.82) is 0 Å². The highest BCUT2D eigenvalue weighted by Gasteiger charge is 2.32. The van der Waals surface area contributed by atoms with E-state index in [1.165, 1.54) is 35.2 Å². The summed E-state index contributed by atoms with van der Waals surface area (Å²) in [6.07, 6.45) is -4.14. The lowest BCUT2D eigenvalue weighted by Gasteiger charge is -2.32. The van der Waals surface area contributed by atoms with E-state index >= 15 is 0 Å². The highest BCUT2D eigenvalue weighted by atomic mass is 19.4. The van der Waals surface area contributed by atoms with Crippen molar-refractivity contribution in [1.82, 2.24) is 0 Å². The second-order valence-electron chi connectivity index (χ2n) is 5.81. The zero-order valence-corrected chi connectivity index (χ0v) is 13.1. The van der Waals surface area contributed by atoms with E-state index < -0.39 is 12.2 Å². The van der Waals surface area contributed by atoms with Gasteiger partial charge in [0, 0.05) is 13.0 Å². The van der Waals surface area contributed by atoms with E-state index in [1.54, 1.807) is 18.2 Å². The summed E-state index contributed by atoms with van der Waals surface area (Å²) in [4.78, 5) is 13.8. The number of carbonyl (C=O) groups excluding carboxylic acids is 1. The minimum atomic E-state index is -4.76. The van der Waals surface area contributed by atoms with E-state index in [2.05, 4.69) is 4.74 Å². The maximum Gasteiger partial charge on any atom is 0.573 e. The van der Waals surface area contributed by atoms with Crippen molar-refractivity contribution in [2.45, 2.75) is 25.1 Å². The minimum absolute atomic E-state index is 0.101. The Morgan fingerprint density at radius 2 is 1.84 bits per heavy atom. The molecule has 132 valence electrons. The molecule has 1 aliphatic heterocycles. The second-order valence-corrected chi connectivity index (χ2v) is 5.81. The maximum absolute atomic E-state index is 13.9. The van der Waals surface area contributed by atoms with Gasteiger partial charge in [0.1, 0.15) is 11.6 Å². The van der Waals surface area contributed by atoms with Crippen LogP contribution in [0.25, 0.3) is 0 Å². The van der Waals surface area contributed by atoms with Gasteiger partial charge >= 0.3 is 6.36 Å². The van der Waals surface area contributed by atoms with E-state index in [9.17, 15) is 22.4 Å². The summed E-state index contributed by atoms with van der Waals surface area (Å²) in [7, 11) is 0. The van der Waals surface area contributed by atoms with Gasteiger partial charge in [-0.2, -0.15) is 0 Å². The van der Waals surface area contributed by atoms with Crippen molar-refractivity contribution >= 4 is 11.6 Å². The lowest BCUT2D eigenvalue weighted by atomic mass is 9.88. The maximum atomic E-state index is 13.9. The van der Waals surface area contributed by atoms with Gasteiger partial charge in [0.05, 0.1) is 5.69 Å². The first-order chi connectivity index (χ1) is 11.8. The molecule has 7 heteroatoms. The average molecular weight is 353 g/mol. The van der Waals surface area contributed by atoms with Crippen LogP contribution in [-0.4, -0.2) is 18.8 Å². The molecule has 1 unspecified atom stereocenters. The quantitative estimate of drug-likeness (QED) is 0.753. The Labute approximate surface area is 141 Å². The number of benzene rings is 2. The van der Waals surface area contributed by atoms with Gasteiger partial charge in [-0.25, -0.2) is 4.39 Å². The fraction of sp³-hybridized carbons (Fsp3) is 0.278. The number of amides is 1. The Bertz CT molecular complexity index is 776. The Morgan fingerprint density at radius 1 is 1.08 bits per heavy atom. The molecule has 1 fully saturated rings. The topological polar surface area (TPSA) is 29.5 Å². The van der Waals surface area contributed by atoms with Crippen molar-refractivity contribution in [3.05, 3.63) is 59.9 Å². The molecule has 2 aromatic rings. The fourth-order valence-electron chi connectivity index (χ4n) is 3.01. The Balaban J connectivity index is 1.74. The third-order valence-electron chi connectivity index (χ3n) is 4.13. The average Bonchev–Trinajstić information content (AvgIpc) is 2.54. The van der Waals surface area contributed by atoms with Crippen LogP contribution in [0.15, 0.2) is 48.5 Å². The number of halogens is 4. The van der Waals surface area contributed by atoms with Gasteiger partial charge in [-0.3, -0.25) is 4.79 Å². The molecule has 3 nitrogen and oxygen atoms in total. The molecule has 0 N–H and O–H groups in total. The molecule has 3 rings (SSSR count). The number of hydrogen-bond donors (Lipinski definition) is 0. The number of anilines is 1. The van der Waals surface area contributed by atoms with E-state index in [0.717, 1.165) is 0 Å². The number of carbonyl (C=O) groups is 1. The van der Waals surface area contributed by atoms with Gasteiger partial charge in [-0.15, -0.1) is 13.2 Å². The highest BCUT2D eigenvalue weighted by molar-refractivity contribution is 5.94. The van der Waals surface area contributed by atoms with Crippen molar-refractivity contribution in [3.8, 4) is 5.75 Å². The Hall–Kier alpha value is -2.57. The second kappa shape index (κ2) is 6.74. The zero-order chi connectivity index (χ0) is 18.0. The molecular weight excluding hydrogens is 338 g/mol. The third kappa shape index (κ3) is 4.10. The molecule has 1 amide bonds. The largest absolute Gasteiger partial charge is 0.573 e. The van der Waals surface area contributed by atoms with Crippen LogP contribution < -0.4 is 9.64 Å². The summed E-state index contributed by atoms with van der Waals surface area (Å²) in [6.45, 7) is 0.300. The standard InChI is InChI=1S/C18H15F4NO2/c19-15-6-1-2-7-16(15)23-9-8-13(11-17(23)24)12-4-3-5-14(10-12)25-18(20,21)22/h1-7,10,13H,8-9,11H2. The Kier molecular flexibility index (Phi) is 4.65. The Morgan fingerprint density at radius 3 is 2.52 bits per heavy atom. The normalized spacial score (nSPS) is 18.3. The number of nitrogens with zero attached hydrogens (tertiary/aromatic N) is 1. The number of alkyl halides is 3. The first-order valence-corrected chi connectivity index (χ1v) is 7.74. The predicted octanol–water partition coefficient (Wildman–Crippen LogP) is 4.63. The summed E-state index contributed by atoms with van der Waals surface area (Å²) < 4.78 is 54.8. The van der Waals surface area contributed by atoms with Crippen molar-refractivity contribution in [2.24, 2.45) is 0 Å². The molecule has 1 aliphatic rings. The summed E-state index contributed by atoms with van der Waals surface area (Å²) in [6, 6.07) is 11.7. The van der Waals surface area contributed by atoms with Crippen LogP contribution in [0.3, 0.4) is 0 Å². The zero-order valence-electron chi connectivity index (χ0n) is 13.1. The van der Waals surface area contributed by atoms with E-state index in [0.29, 0.717) is 18.5 Å². The van der Waals surface area contributed by atoms with Gasteiger partial charge in [0.25, 0.3) is 0 Å². The van der Waals surface area contributed by atoms with E-state index in [1.807, 2.05) is 0 Å². The summed E-state index contributed by atoms with van der Waals surface area (Å²) in [5.74, 6) is -1.28. The van der Waals surface area contributed by atoms with E-state index in [-0.39, 0.29) is 29.7 Å². The summed E-state index contributed by atoms with van der Waals surface area (Å²) in [5.41, 5.74) is 0.823. The van der Waals surface area contributed by atoms with Crippen molar-refractivity contribution in [2.75, 3.05) is 11.4 Å². The molecule has 2 aromatic carbocycles. The predicted molar refractivity (Wildman–Crippen MR) is 83.9 cm³/mol. The third-order valence-corrected chi connectivity index (χ3v) is 4.13. The fourth-order valence-corrected chi connectivity index (χ4v) is 3.01. The highest BCUT2D eigenvalue weighted by Crippen LogP contribution is 2.34. The van der Waals surface area contributed by atoms with Crippen molar-refractivity contribution in [3.63, 3.8) is 0 Å². The van der Waals surface area contributed by atoms with Crippen LogP contribution in [0.4, 0.5) is 23.2 Å². The molecule has 1 atom stereocenters. The molecule has 25 heavy (non-hydrogen) atoms. The number of piperidine rings is 1. The first-order valence-electron chi connectivity index (χ1n) is 7.74. The van der Waals surface area contributed by atoms with Gasteiger partial charge in [-0.05, 0) is 42.2 Å². The summed E-state index contributed by atoms with van der Waals surface area (Å²) >= 11 is 0. The SMILES string of the molecule is O=C1CC(c2cccc(OC(F)(F)F)c2)CCN1c1ccccc1F. The van der Waals surface area contributed by atoms with Gasteiger partial charge in [0.2, 0.25) is 5.91 Å². The minimum Gasteiger partial charge on any atom is -0.406 e. The van der Waals surface area contributed by atoms with Crippen LogP contribution in [0.1, 0.15) is 24.3 Å². The first kappa shape index (κ1) is 17.3. The molecule has 0 radical (unpaired) electrons. The van der Waals surface area contributed by atoms with Gasteiger partial charge in [0.15, 0.2) is 0 Å². The van der Waals surface area contributed by atoms with Crippen LogP contribution in [0.2, 0.25) is 0 Å². The number of para-hydroxylation sites is 1. The molecule has 1 saturated heterocycles. The monoisotopic (exact) mass is 353 g/mol. The van der Waals surface area contributed by atoms with Gasteiger partial charge in [-0.1, -0.05) is 24.3 Å². The lowest BCUT2D eigenvalue weighted by molar-refractivity contribution is -0.274. The smallest absolute Gasteiger partial charge is 0.406 e. The molecule has 0 spiro atoms. The van der Waals surface area contributed by atoms with Crippen LogP contribution >= 0.6 is 0 Å². The molecule has 1 heterocycles. The number of rotatable bonds is 3. The molecular formula is C18H15F4NO2. The van der Waals surface area contributed by atoms with E-state index in [4.69, 9.17) is 0 Å². The molecule has 0 bridgehead atoms. The molecule has 0 aromatic heterocycles. The van der Waals surface area contributed by atoms with Gasteiger partial charge < -0.3 is 9.64 Å². The van der Waals surface area contributed by atoms with Crippen LogP contribution in [0.5, 0.6) is 5.75 Å². The molecule has 0 aliphatic carbocycles.